The number of benzene rings is 1. The van der Waals surface area contributed by atoms with Crippen molar-refractivity contribution in [2.45, 2.75) is 13.3 Å². The molecular weight excluding hydrogens is 182 g/mol. The van der Waals surface area contributed by atoms with E-state index in [1.165, 1.54) is 11.1 Å². The molecule has 2 N–H and O–H groups in total. The molecule has 0 aliphatic carbocycles. The molecule has 1 aromatic carbocycles. The van der Waals surface area contributed by atoms with Gasteiger partial charge in [-0.15, -0.1) is 0 Å². The van der Waals surface area contributed by atoms with Crippen molar-refractivity contribution >= 4 is 5.57 Å². The molecule has 1 rings (SSSR count). The summed E-state index contributed by atoms with van der Waals surface area (Å²) in [5, 5.41) is 0. The Labute approximate surface area is 91.6 Å². The maximum Gasteiger partial charge on any atom is -0.00561 e. The van der Waals surface area contributed by atoms with E-state index in [-0.39, 0.29) is 0 Å². The van der Waals surface area contributed by atoms with Crippen molar-refractivity contribution in [1.82, 2.24) is 0 Å². The molecule has 1 heteroatoms. The van der Waals surface area contributed by atoms with E-state index in [9.17, 15) is 0 Å². The van der Waals surface area contributed by atoms with E-state index in [1.807, 2.05) is 12.2 Å². The van der Waals surface area contributed by atoms with Gasteiger partial charge in [-0.3, -0.25) is 0 Å². The van der Waals surface area contributed by atoms with Crippen LogP contribution in [0, 0.1) is 0 Å². The predicted molar refractivity (Wildman–Crippen MR) is 67.3 cm³/mol. The van der Waals surface area contributed by atoms with Crippen LogP contribution >= 0.6 is 0 Å². The van der Waals surface area contributed by atoms with Gasteiger partial charge in [0, 0.05) is 0 Å². The lowest BCUT2D eigenvalue weighted by Gasteiger charge is -2.04. The van der Waals surface area contributed by atoms with Crippen molar-refractivity contribution in [2.75, 3.05) is 0 Å². The summed E-state index contributed by atoms with van der Waals surface area (Å²) in [6.07, 6.45) is 8.21. The molecule has 0 heterocycles. The number of hydrogen-bond donors (Lipinski definition) is 1. The smallest absolute Gasteiger partial charge is 0.00561 e. The molecule has 0 amide bonds. The quantitative estimate of drug-likeness (QED) is 0.740. The molecule has 0 aromatic heterocycles. The molecule has 0 radical (unpaired) electrons. The second-order valence-corrected chi connectivity index (χ2v) is 3.27. The molecule has 1 nitrogen and oxygen atoms in total. The topological polar surface area (TPSA) is 26.0 Å². The van der Waals surface area contributed by atoms with Crippen LogP contribution in [0.3, 0.4) is 0 Å². The van der Waals surface area contributed by atoms with Crippen LogP contribution in [0.1, 0.15) is 18.1 Å². The van der Waals surface area contributed by atoms with Gasteiger partial charge in [-0.2, -0.15) is 0 Å². The van der Waals surface area contributed by atoms with Gasteiger partial charge >= 0.3 is 0 Å². The highest BCUT2D eigenvalue weighted by molar-refractivity contribution is 5.75. The van der Waals surface area contributed by atoms with E-state index in [1.54, 1.807) is 12.3 Å². The highest BCUT2D eigenvalue weighted by atomic mass is 14.5. The number of rotatable bonds is 4. The monoisotopic (exact) mass is 199 g/mol. The van der Waals surface area contributed by atoms with Gasteiger partial charge in [0.05, 0.1) is 0 Å². The highest BCUT2D eigenvalue weighted by Gasteiger charge is 1.97. The SMILES string of the molecule is C=C/C=C(\C=C/N)c1cccc(CC)c1. The Morgan fingerprint density at radius 1 is 1.47 bits per heavy atom. The van der Waals surface area contributed by atoms with E-state index in [4.69, 9.17) is 5.73 Å². The van der Waals surface area contributed by atoms with Gasteiger partial charge in [-0.05, 0) is 35.4 Å². The van der Waals surface area contributed by atoms with Gasteiger partial charge in [-0.1, -0.05) is 49.9 Å². The van der Waals surface area contributed by atoms with Crippen LogP contribution in [0.25, 0.3) is 5.57 Å². The molecular formula is C14H17N. The number of aryl methyl sites for hydroxylation is 1. The molecule has 1 aromatic rings. The average Bonchev–Trinajstić information content (AvgIpc) is 2.29. The zero-order chi connectivity index (χ0) is 11.1. The third-order valence-electron chi connectivity index (χ3n) is 2.24. The highest BCUT2D eigenvalue weighted by Crippen LogP contribution is 2.17. The minimum atomic E-state index is 1.04. The molecule has 78 valence electrons. The molecule has 0 fully saturated rings. The van der Waals surface area contributed by atoms with E-state index < -0.39 is 0 Å². The van der Waals surface area contributed by atoms with Crippen LogP contribution in [-0.2, 0) is 6.42 Å². The minimum absolute atomic E-state index is 1.04. The van der Waals surface area contributed by atoms with Crippen molar-refractivity contribution in [3.8, 4) is 0 Å². The van der Waals surface area contributed by atoms with Crippen molar-refractivity contribution < 1.29 is 0 Å². The van der Waals surface area contributed by atoms with Gasteiger partial charge in [0.15, 0.2) is 0 Å². The fourth-order valence-electron chi connectivity index (χ4n) is 1.45. The first kappa shape index (κ1) is 11.3. The summed E-state index contributed by atoms with van der Waals surface area (Å²) in [6.45, 7) is 5.85. The van der Waals surface area contributed by atoms with Crippen LogP contribution in [0.2, 0.25) is 0 Å². The van der Waals surface area contributed by atoms with Gasteiger partial charge in [0.1, 0.15) is 0 Å². The Hall–Kier alpha value is -1.76. The second kappa shape index (κ2) is 5.86. The zero-order valence-corrected chi connectivity index (χ0v) is 9.11. The Morgan fingerprint density at radius 3 is 2.87 bits per heavy atom. The van der Waals surface area contributed by atoms with Gasteiger partial charge in [-0.25, -0.2) is 0 Å². The van der Waals surface area contributed by atoms with Crippen molar-refractivity contribution in [1.29, 1.82) is 0 Å². The fourth-order valence-corrected chi connectivity index (χ4v) is 1.45. The summed E-state index contributed by atoms with van der Waals surface area (Å²) in [5.74, 6) is 0. The molecule has 0 atom stereocenters. The molecule has 0 saturated heterocycles. The largest absolute Gasteiger partial charge is 0.405 e. The Morgan fingerprint density at radius 2 is 2.27 bits per heavy atom. The van der Waals surface area contributed by atoms with Crippen molar-refractivity contribution in [3.63, 3.8) is 0 Å². The Bertz CT molecular complexity index is 386. The maximum atomic E-state index is 5.41. The maximum absolute atomic E-state index is 5.41. The molecule has 0 unspecified atom stereocenters. The standard InChI is InChI=1S/C14H17N/c1-3-6-13(9-10-15)14-8-5-7-12(4-2)11-14/h3,5-11H,1,4,15H2,2H3/b10-9-,13-6+. The Kier molecular flexibility index (Phi) is 4.42. The summed E-state index contributed by atoms with van der Waals surface area (Å²) in [5.41, 5.74) is 9.00. The molecule has 0 aliphatic rings. The number of allylic oxidation sites excluding steroid dienone is 4. The van der Waals surface area contributed by atoms with Crippen LogP contribution < -0.4 is 5.73 Å². The third-order valence-corrected chi connectivity index (χ3v) is 2.24. The summed E-state index contributed by atoms with van der Waals surface area (Å²) < 4.78 is 0. The first-order chi connectivity index (χ1) is 7.31. The lowest BCUT2D eigenvalue weighted by atomic mass is 10.0. The van der Waals surface area contributed by atoms with E-state index in [0.29, 0.717) is 0 Å². The molecule has 15 heavy (non-hydrogen) atoms. The number of hydrogen-bond acceptors (Lipinski definition) is 1. The molecule has 0 saturated carbocycles. The fraction of sp³-hybridized carbons (Fsp3) is 0.143. The van der Waals surface area contributed by atoms with Crippen LogP contribution in [0.5, 0.6) is 0 Å². The van der Waals surface area contributed by atoms with Crippen molar-refractivity contribution in [2.24, 2.45) is 5.73 Å². The molecule has 0 aliphatic heterocycles. The second-order valence-electron chi connectivity index (χ2n) is 3.27. The van der Waals surface area contributed by atoms with E-state index >= 15 is 0 Å². The first-order valence-corrected chi connectivity index (χ1v) is 5.12. The van der Waals surface area contributed by atoms with Crippen LogP contribution in [-0.4, -0.2) is 0 Å². The predicted octanol–water partition coefficient (Wildman–Crippen LogP) is 3.29. The summed E-state index contributed by atoms with van der Waals surface area (Å²) >= 11 is 0. The molecule has 0 bridgehead atoms. The van der Waals surface area contributed by atoms with Gasteiger partial charge in [0.25, 0.3) is 0 Å². The average molecular weight is 199 g/mol. The zero-order valence-electron chi connectivity index (χ0n) is 9.11. The Balaban J connectivity index is 3.11. The third kappa shape index (κ3) is 3.13. The first-order valence-electron chi connectivity index (χ1n) is 5.12. The molecule has 0 spiro atoms. The minimum Gasteiger partial charge on any atom is -0.405 e. The lowest BCUT2D eigenvalue weighted by molar-refractivity contribution is 1.14. The van der Waals surface area contributed by atoms with Gasteiger partial charge in [0.2, 0.25) is 0 Å². The van der Waals surface area contributed by atoms with Gasteiger partial charge < -0.3 is 5.73 Å². The number of nitrogens with two attached hydrogens (primary N) is 1. The van der Waals surface area contributed by atoms with Crippen molar-refractivity contribution in [3.05, 3.63) is 66.4 Å². The summed E-state index contributed by atoms with van der Waals surface area (Å²) in [6, 6.07) is 8.44. The van der Waals surface area contributed by atoms with Crippen LogP contribution in [0.15, 0.2) is 55.3 Å². The normalized spacial score (nSPS) is 11.9. The van der Waals surface area contributed by atoms with Crippen LogP contribution in [0.4, 0.5) is 0 Å². The lowest BCUT2D eigenvalue weighted by Crippen LogP contribution is -1.86. The van der Waals surface area contributed by atoms with E-state index in [2.05, 4.69) is 37.8 Å². The van der Waals surface area contributed by atoms with E-state index in [0.717, 1.165) is 12.0 Å². The summed E-state index contributed by atoms with van der Waals surface area (Å²) in [4.78, 5) is 0. The summed E-state index contributed by atoms with van der Waals surface area (Å²) in [7, 11) is 0.